The van der Waals surface area contributed by atoms with Crippen LogP contribution < -0.4 is 5.43 Å². The van der Waals surface area contributed by atoms with Crippen LogP contribution in [0.3, 0.4) is 0 Å². The highest BCUT2D eigenvalue weighted by molar-refractivity contribution is 5.99. The quantitative estimate of drug-likeness (QED) is 0.483. The molecule has 0 spiro atoms. The highest BCUT2D eigenvalue weighted by Gasteiger charge is 2.06. The molecule has 0 aliphatic rings. The monoisotopic (exact) mass is 370 g/mol. The van der Waals surface area contributed by atoms with Crippen LogP contribution >= 0.6 is 0 Å². The second-order valence-corrected chi connectivity index (χ2v) is 7.20. The number of nitrogens with one attached hydrogen (secondary N) is 1. The van der Waals surface area contributed by atoms with E-state index in [0.29, 0.717) is 6.42 Å². The standard InChI is InChI=1S/C25H26N2O/c1-18-9-12-24(19(2)15-18)17-25(28)27-26-20(3)23-13-10-22(11-14-23)16-21-7-5-4-6-8-21/h4-15H,16-17H2,1-3H3,(H,27,28)/b26-20-. The Morgan fingerprint density at radius 1 is 0.893 bits per heavy atom. The fourth-order valence-corrected chi connectivity index (χ4v) is 3.16. The van der Waals surface area contributed by atoms with E-state index in [4.69, 9.17) is 0 Å². The molecular formula is C25H26N2O. The van der Waals surface area contributed by atoms with Crippen molar-refractivity contribution in [1.82, 2.24) is 5.43 Å². The maximum Gasteiger partial charge on any atom is 0.244 e. The van der Waals surface area contributed by atoms with Crippen molar-refractivity contribution in [3.05, 3.63) is 106 Å². The minimum absolute atomic E-state index is 0.105. The Labute approximate surface area is 167 Å². The minimum Gasteiger partial charge on any atom is -0.273 e. The lowest BCUT2D eigenvalue weighted by Gasteiger charge is -2.07. The van der Waals surface area contributed by atoms with Gasteiger partial charge in [0.05, 0.1) is 12.1 Å². The smallest absolute Gasteiger partial charge is 0.244 e. The lowest BCUT2D eigenvalue weighted by Crippen LogP contribution is -2.21. The maximum absolute atomic E-state index is 12.2. The molecule has 3 aromatic carbocycles. The molecule has 0 heterocycles. The van der Waals surface area contributed by atoms with Gasteiger partial charge in [0.1, 0.15) is 0 Å². The van der Waals surface area contributed by atoms with Crippen molar-refractivity contribution in [2.24, 2.45) is 5.10 Å². The van der Waals surface area contributed by atoms with Gasteiger partial charge >= 0.3 is 0 Å². The van der Waals surface area contributed by atoms with Crippen LogP contribution in [0, 0.1) is 13.8 Å². The minimum atomic E-state index is -0.105. The predicted molar refractivity (Wildman–Crippen MR) is 116 cm³/mol. The van der Waals surface area contributed by atoms with Gasteiger partial charge in [-0.15, -0.1) is 0 Å². The van der Waals surface area contributed by atoms with Gasteiger partial charge in [-0.3, -0.25) is 4.79 Å². The molecule has 0 bridgehead atoms. The molecule has 0 fully saturated rings. The predicted octanol–water partition coefficient (Wildman–Crippen LogP) is 4.98. The van der Waals surface area contributed by atoms with Gasteiger partial charge in [0.2, 0.25) is 5.91 Å². The van der Waals surface area contributed by atoms with Gasteiger partial charge in [0.25, 0.3) is 0 Å². The SMILES string of the molecule is C/C(=N/NC(=O)Cc1ccc(C)cc1C)c1ccc(Cc2ccccc2)cc1. The van der Waals surface area contributed by atoms with Crippen molar-refractivity contribution in [3.8, 4) is 0 Å². The molecule has 1 amide bonds. The van der Waals surface area contributed by atoms with Crippen LogP contribution in [0.25, 0.3) is 0 Å². The summed E-state index contributed by atoms with van der Waals surface area (Å²) in [6.07, 6.45) is 1.24. The number of nitrogens with zero attached hydrogens (tertiary/aromatic N) is 1. The molecule has 3 aromatic rings. The number of hydrazone groups is 1. The third kappa shape index (κ3) is 5.40. The molecule has 0 aromatic heterocycles. The van der Waals surface area contributed by atoms with Crippen molar-refractivity contribution in [1.29, 1.82) is 0 Å². The van der Waals surface area contributed by atoms with Gasteiger partial charge < -0.3 is 0 Å². The summed E-state index contributed by atoms with van der Waals surface area (Å²) in [5, 5.41) is 4.27. The Morgan fingerprint density at radius 2 is 1.57 bits per heavy atom. The van der Waals surface area contributed by atoms with Gasteiger partial charge in [0.15, 0.2) is 0 Å². The molecule has 1 N–H and O–H groups in total. The molecular weight excluding hydrogens is 344 g/mol. The zero-order valence-corrected chi connectivity index (χ0v) is 16.7. The van der Waals surface area contributed by atoms with E-state index in [1.165, 1.54) is 16.7 Å². The molecule has 0 radical (unpaired) electrons. The van der Waals surface area contributed by atoms with Crippen LogP contribution in [0.1, 0.15) is 40.3 Å². The summed E-state index contributed by atoms with van der Waals surface area (Å²) >= 11 is 0. The third-order valence-corrected chi connectivity index (χ3v) is 4.82. The summed E-state index contributed by atoms with van der Waals surface area (Å²) in [7, 11) is 0. The fourth-order valence-electron chi connectivity index (χ4n) is 3.16. The van der Waals surface area contributed by atoms with Crippen molar-refractivity contribution in [3.63, 3.8) is 0 Å². The number of amides is 1. The summed E-state index contributed by atoms with van der Waals surface area (Å²) in [5.74, 6) is -0.105. The molecule has 0 saturated heterocycles. The van der Waals surface area contributed by atoms with E-state index in [1.807, 2.05) is 44.2 Å². The fraction of sp³-hybridized carbons (Fsp3) is 0.200. The second-order valence-electron chi connectivity index (χ2n) is 7.20. The first-order valence-corrected chi connectivity index (χ1v) is 9.54. The van der Waals surface area contributed by atoms with Gasteiger partial charge in [-0.25, -0.2) is 5.43 Å². The van der Waals surface area contributed by atoms with E-state index in [0.717, 1.165) is 28.8 Å². The summed E-state index contributed by atoms with van der Waals surface area (Å²) in [5.41, 5.74) is 10.4. The first-order valence-electron chi connectivity index (χ1n) is 9.54. The lowest BCUT2D eigenvalue weighted by atomic mass is 10.0. The second kappa shape index (κ2) is 9.14. The van der Waals surface area contributed by atoms with Crippen LogP contribution in [-0.2, 0) is 17.6 Å². The van der Waals surface area contributed by atoms with E-state index in [2.05, 4.69) is 59.9 Å². The summed E-state index contributed by atoms with van der Waals surface area (Å²) in [4.78, 5) is 12.2. The van der Waals surface area contributed by atoms with Gasteiger partial charge in [0, 0.05) is 0 Å². The first-order chi connectivity index (χ1) is 13.5. The van der Waals surface area contributed by atoms with Crippen molar-refractivity contribution >= 4 is 11.6 Å². The van der Waals surface area contributed by atoms with Gasteiger partial charge in [-0.2, -0.15) is 5.10 Å². The third-order valence-electron chi connectivity index (χ3n) is 4.82. The number of aryl methyl sites for hydroxylation is 2. The number of benzene rings is 3. The van der Waals surface area contributed by atoms with E-state index < -0.39 is 0 Å². The normalized spacial score (nSPS) is 11.3. The van der Waals surface area contributed by atoms with Gasteiger partial charge in [-0.05, 0) is 55.0 Å². The zero-order chi connectivity index (χ0) is 19.9. The van der Waals surface area contributed by atoms with Crippen molar-refractivity contribution in [2.45, 2.75) is 33.6 Å². The van der Waals surface area contributed by atoms with E-state index in [-0.39, 0.29) is 5.91 Å². The molecule has 0 aliphatic carbocycles. The molecule has 0 atom stereocenters. The molecule has 0 saturated carbocycles. The van der Waals surface area contributed by atoms with Crippen LogP contribution in [0.15, 0.2) is 77.9 Å². The van der Waals surface area contributed by atoms with Crippen molar-refractivity contribution in [2.75, 3.05) is 0 Å². The van der Waals surface area contributed by atoms with Crippen LogP contribution in [0.4, 0.5) is 0 Å². The molecule has 142 valence electrons. The highest BCUT2D eigenvalue weighted by atomic mass is 16.2. The summed E-state index contributed by atoms with van der Waals surface area (Å²) in [6.45, 7) is 5.99. The summed E-state index contributed by atoms with van der Waals surface area (Å²) < 4.78 is 0. The number of carbonyl (C=O) groups excluding carboxylic acids is 1. The van der Waals surface area contributed by atoms with Crippen LogP contribution in [-0.4, -0.2) is 11.6 Å². The first kappa shape index (κ1) is 19.6. The van der Waals surface area contributed by atoms with E-state index >= 15 is 0 Å². The Hall–Kier alpha value is -3.20. The maximum atomic E-state index is 12.2. The van der Waals surface area contributed by atoms with Crippen LogP contribution in [0.5, 0.6) is 0 Å². The van der Waals surface area contributed by atoms with Crippen molar-refractivity contribution < 1.29 is 4.79 Å². The molecule has 3 rings (SSSR count). The topological polar surface area (TPSA) is 41.5 Å². The van der Waals surface area contributed by atoms with Gasteiger partial charge in [-0.1, -0.05) is 78.4 Å². The Morgan fingerprint density at radius 3 is 2.25 bits per heavy atom. The van der Waals surface area contributed by atoms with Crippen LogP contribution in [0.2, 0.25) is 0 Å². The number of hydrogen-bond donors (Lipinski definition) is 1. The average Bonchev–Trinajstić information content (AvgIpc) is 2.70. The molecule has 0 unspecified atom stereocenters. The molecule has 3 nitrogen and oxygen atoms in total. The Kier molecular flexibility index (Phi) is 6.38. The number of carbonyl (C=O) groups is 1. The Balaban J connectivity index is 1.59. The largest absolute Gasteiger partial charge is 0.273 e. The lowest BCUT2D eigenvalue weighted by molar-refractivity contribution is -0.120. The Bertz CT molecular complexity index is 973. The molecule has 3 heteroatoms. The molecule has 28 heavy (non-hydrogen) atoms. The number of rotatable bonds is 6. The molecule has 0 aliphatic heterocycles. The zero-order valence-electron chi connectivity index (χ0n) is 16.7. The van der Waals surface area contributed by atoms with E-state index in [1.54, 1.807) is 0 Å². The number of hydrogen-bond acceptors (Lipinski definition) is 2. The highest BCUT2D eigenvalue weighted by Crippen LogP contribution is 2.12. The van der Waals surface area contributed by atoms with E-state index in [9.17, 15) is 4.79 Å². The average molecular weight is 370 g/mol. The summed E-state index contributed by atoms with van der Waals surface area (Å²) in [6, 6.07) is 24.8.